The van der Waals surface area contributed by atoms with Crippen molar-refractivity contribution in [2.75, 3.05) is 26.1 Å². The van der Waals surface area contributed by atoms with Crippen LogP contribution < -0.4 is 14.8 Å². The van der Waals surface area contributed by atoms with Crippen LogP contribution >= 0.6 is 0 Å². The Morgan fingerprint density at radius 3 is 2.25 bits per heavy atom. The maximum Gasteiger partial charge on any atom is 0.240 e. The second kappa shape index (κ2) is 9.68. The van der Waals surface area contributed by atoms with Gasteiger partial charge in [-0.15, -0.1) is 0 Å². The minimum absolute atomic E-state index is 0.0467. The largest absolute Gasteiger partial charge is 0.496 e. The second-order valence-corrected chi connectivity index (χ2v) is 8.25. The molecule has 1 atom stereocenters. The van der Waals surface area contributed by atoms with Crippen LogP contribution in [0.3, 0.4) is 0 Å². The highest BCUT2D eigenvalue weighted by Gasteiger charge is 2.20. The van der Waals surface area contributed by atoms with Gasteiger partial charge in [0, 0.05) is 30.8 Å². The van der Waals surface area contributed by atoms with Crippen molar-refractivity contribution in [1.29, 1.82) is 0 Å². The van der Waals surface area contributed by atoms with E-state index >= 15 is 0 Å². The van der Waals surface area contributed by atoms with Crippen molar-refractivity contribution in [2.24, 2.45) is 5.92 Å². The third kappa shape index (κ3) is 5.54. The van der Waals surface area contributed by atoms with Crippen LogP contribution in [0, 0.1) is 5.92 Å². The lowest BCUT2D eigenvalue weighted by Gasteiger charge is -2.19. The van der Waals surface area contributed by atoms with Gasteiger partial charge in [-0.25, -0.2) is 13.1 Å². The SMILES string of the molecule is COc1ccccc1C(CNS(=O)(=O)c1ccc(NC(=O)C(C)C)cc1)OC. The van der Waals surface area contributed by atoms with Crippen LogP contribution in [0.25, 0.3) is 0 Å². The smallest absolute Gasteiger partial charge is 0.240 e. The van der Waals surface area contributed by atoms with E-state index in [1.807, 2.05) is 18.2 Å². The summed E-state index contributed by atoms with van der Waals surface area (Å²) in [6.45, 7) is 3.61. The molecule has 0 saturated heterocycles. The van der Waals surface area contributed by atoms with Crippen LogP contribution in [0.15, 0.2) is 53.4 Å². The number of carbonyl (C=O) groups is 1. The Balaban J connectivity index is 2.09. The van der Waals surface area contributed by atoms with Crippen LogP contribution in [0.1, 0.15) is 25.5 Å². The van der Waals surface area contributed by atoms with Crippen molar-refractivity contribution < 1.29 is 22.7 Å². The molecule has 0 aliphatic rings. The number of amides is 1. The lowest BCUT2D eigenvalue weighted by Crippen LogP contribution is -2.29. The Hall–Kier alpha value is -2.42. The molecule has 0 heterocycles. The molecule has 152 valence electrons. The minimum atomic E-state index is -3.74. The summed E-state index contributed by atoms with van der Waals surface area (Å²) in [5, 5.41) is 2.73. The number of rotatable bonds is 9. The number of sulfonamides is 1. The fourth-order valence-corrected chi connectivity index (χ4v) is 3.56. The molecule has 0 aromatic heterocycles. The fourth-order valence-electron chi connectivity index (χ4n) is 2.53. The van der Waals surface area contributed by atoms with Gasteiger partial charge in [0.1, 0.15) is 5.75 Å². The van der Waals surface area contributed by atoms with Crippen molar-refractivity contribution >= 4 is 21.6 Å². The quantitative estimate of drug-likeness (QED) is 0.668. The average molecular weight is 407 g/mol. The highest BCUT2D eigenvalue weighted by Crippen LogP contribution is 2.27. The first-order valence-corrected chi connectivity index (χ1v) is 10.3. The third-order valence-corrected chi connectivity index (χ3v) is 5.63. The van der Waals surface area contributed by atoms with Gasteiger partial charge in [0.15, 0.2) is 0 Å². The Morgan fingerprint density at radius 2 is 1.68 bits per heavy atom. The summed E-state index contributed by atoms with van der Waals surface area (Å²) >= 11 is 0. The Kier molecular flexibility index (Phi) is 7.56. The van der Waals surface area contributed by atoms with Gasteiger partial charge in [0.05, 0.1) is 18.1 Å². The van der Waals surface area contributed by atoms with Gasteiger partial charge in [0.2, 0.25) is 15.9 Å². The van der Waals surface area contributed by atoms with Gasteiger partial charge in [-0.3, -0.25) is 4.79 Å². The van der Waals surface area contributed by atoms with Crippen molar-refractivity contribution in [2.45, 2.75) is 24.8 Å². The number of benzene rings is 2. The lowest BCUT2D eigenvalue weighted by atomic mass is 10.1. The van der Waals surface area contributed by atoms with Gasteiger partial charge in [-0.1, -0.05) is 32.0 Å². The molecular formula is C20H26N2O5S. The minimum Gasteiger partial charge on any atom is -0.496 e. The maximum absolute atomic E-state index is 12.6. The molecule has 2 N–H and O–H groups in total. The first-order valence-electron chi connectivity index (χ1n) is 8.84. The van der Waals surface area contributed by atoms with Crippen LogP contribution in [0.2, 0.25) is 0 Å². The predicted molar refractivity (Wildman–Crippen MR) is 108 cm³/mol. The highest BCUT2D eigenvalue weighted by molar-refractivity contribution is 7.89. The molecule has 0 fully saturated rings. The molecule has 1 unspecified atom stereocenters. The summed E-state index contributed by atoms with van der Waals surface area (Å²) < 4.78 is 38.5. The number of para-hydroxylation sites is 1. The molecule has 2 rings (SSSR count). The fraction of sp³-hybridized carbons (Fsp3) is 0.350. The van der Waals surface area contributed by atoms with Gasteiger partial charge in [-0.05, 0) is 30.3 Å². The number of hydrogen-bond acceptors (Lipinski definition) is 5. The monoisotopic (exact) mass is 406 g/mol. The molecule has 2 aromatic carbocycles. The van der Waals surface area contributed by atoms with Crippen molar-refractivity contribution in [3.8, 4) is 5.75 Å². The molecule has 8 heteroatoms. The van der Waals surface area contributed by atoms with Crippen LogP contribution in [0.5, 0.6) is 5.75 Å². The average Bonchev–Trinajstić information content (AvgIpc) is 2.69. The van der Waals surface area contributed by atoms with Gasteiger partial charge >= 0.3 is 0 Å². The lowest BCUT2D eigenvalue weighted by molar-refractivity contribution is -0.118. The number of carbonyl (C=O) groups excluding carboxylic acids is 1. The van der Waals surface area contributed by atoms with Crippen molar-refractivity contribution in [3.05, 3.63) is 54.1 Å². The van der Waals surface area contributed by atoms with Crippen molar-refractivity contribution in [3.63, 3.8) is 0 Å². The summed E-state index contributed by atoms with van der Waals surface area (Å²) in [5.74, 6) is 0.332. The number of nitrogens with one attached hydrogen (secondary N) is 2. The number of ether oxygens (including phenoxy) is 2. The standard InChI is InChI=1S/C20H26N2O5S/c1-14(2)20(23)22-15-9-11-16(12-10-15)28(24,25)21-13-19(27-4)17-7-5-6-8-18(17)26-3/h5-12,14,19,21H,13H2,1-4H3,(H,22,23). The Labute approximate surface area is 166 Å². The van der Waals surface area contributed by atoms with Crippen LogP contribution in [0.4, 0.5) is 5.69 Å². The van der Waals surface area contributed by atoms with Gasteiger partial charge < -0.3 is 14.8 Å². The van der Waals surface area contributed by atoms with E-state index in [0.717, 1.165) is 5.56 Å². The van der Waals surface area contributed by atoms with E-state index in [1.54, 1.807) is 39.2 Å². The van der Waals surface area contributed by atoms with E-state index in [9.17, 15) is 13.2 Å². The Bertz CT molecular complexity index is 895. The van der Waals surface area contributed by atoms with E-state index in [2.05, 4.69) is 10.0 Å². The first-order chi connectivity index (χ1) is 13.3. The van der Waals surface area contributed by atoms with E-state index in [4.69, 9.17) is 9.47 Å². The summed E-state index contributed by atoms with van der Waals surface area (Å²) in [6.07, 6.45) is -0.504. The summed E-state index contributed by atoms with van der Waals surface area (Å²) in [4.78, 5) is 11.8. The van der Waals surface area contributed by atoms with Crippen molar-refractivity contribution in [1.82, 2.24) is 4.72 Å². The second-order valence-electron chi connectivity index (χ2n) is 6.49. The number of methoxy groups -OCH3 is 2. The van der Waals surface area contributed by atoms with Crippen LogP contribution in [-0.4, -0.2) is 35.1 Å². The molecule has 7 nitrogen and oxygen atoms in total. The molecule has 0 bridgehead atoms. The normalized spacial score (nSPS) is 12.6. The first kappa shape index (κ1) is 21.9. The maximum atomic E-state index is 12.6. The number of hydrogen-bond donors (Lipinski definition) is 2. The zero-order chi connectivity index (χ0) is 20.7. The molecule has 0 aliphatic heterocycles. The molecule has 0 aliphatic carbocycles. The molecule has 0 radical (unpaired) electrons. The molecule has 0 spiro atoms. The predicted octanol–water partition coefficient (Wildman–Crippen LogP) is 2.96. The summed E-state index contributed by atoms with van der Waals surface area (Å²) in [7, 11) is -0.676. The third-order valence-electron chi connectivity index (χ3n) is 4.19. The number of anilines is 1. The topological polar surface area (TPSA) is 93.7 Å². The van der Waals surface area contributed by atoms with E-state index < -0.39 is 16.1 Å². The van der Waals surface area contributed by atoms with Gasteiger partial charge in [-0.2, -0.15) is 0 Å². The summed E-state index contributed by atoms with van der Waals surface area (Å²) in [5.41, 5.74) is 1.29. The Morgan fingerprint density at radius 1 is 1.04 bits per heavy atom. The van der Waals surface area contributed by atoms with E-state index in [1.165, 1.54) is 19.2 Å². The molecule has 2 aromatic rings. The van der Waals surface area contributed by atoms with E-state index in [0.29, 0.717) is 11.4 Å². The van der Waals surface area contributed by atoms with E-state index in [-0.39, 0.29) is 23.3 Å². The van der Waals surface area contributed by atoms with Gasteiger partial charge in [0.25, 0.3) is 0 Å². The molecule has 1 amide bonds. The zero-order valence-corrected chi connectivity index (χ0v) is 17.2. The molecule has 0 saturated carbocycles. The molecular weight excluding hydrogens is 380 g/mol. The summed E-state index contributed by atoms with van der Waals surface area (Å²) in [6, 6.07) is 13.3. The van der Waals surface area contributed by atoms with Crippen LogP contribution in [-0.2, 0) is 19.6 Å². The highest BCUT2D eigenvalue weighted by atomic mass is 32.2. The zero-order valence-electron chi connectivity index (χ0n) is 16.4. The molecule has 28 heavy (non-hydrogen) atoms.